The topological polar surface area (TPSA) is 21.7 Å². The number of benzene rings is 1. The summed E-state index contributed by atoms with van der Waals surface area (Å²) in [6.07, 6.45) is 45.9. The maximum Gasteiger partial charge on any atom is 0.251 e. The van der Waals surface area contributed by atoms with Gasteiger partial charge in [-0.3, -0.25) is 4.90 Å². The Morgan fingerprint density at radius 2 is 1.04 bits per heavy atom. The lowest BCUT2D eigenvalue weighted by atomic mass is 9.98. The first kappa shape index (κ1) is 41.0. The minimum Gasteiger partial charge on any atom is -0.448 e. The van der Waals surface area contributed by atoms with Crippen LogP contribution in [0.15, 0.2) is 48.6 Å². The van der Waals surface area contributed by atoms with E-state index < -0.39 is 5.79 Å². The maximum atomic E-state index is 6.73. The van der Waals surface area contributed by atoms with Gasteiger partial charge in [0, 0.05) is 38.8 Å². The van der Waals surface area contributed by atoms with E-state index in [1.807, 2.05) is 0 Å². The minimum atomic E-state index is -0.474. The third-order valence-corrected chi connectivity index (χ3v) is 10.1. The highest BCUT2D eigenvalue weighted by atomic mass is 16.7. The molecule has 0 atom stereocenters. The van der Waals surface area contributed by atoms with Crippen molar-refractivity contribution in [2.75, 3.05) is 7.05 Å². The fraction of sp³-hybridized carbons (Fsp3) is 0.696. The fourth-order valence-electron chi connectivity index (χ4n) is 7.12. The molecule has 2 heterocycles. The molecule has 0 saturated carbocycles. The van der Waals surface area contributed by atoms with E-state index in [2.05, 4.69) is 86.2 Å². The molecule has 2 aliphatic rings. The van der Waals surface area contributed by atoms with Gasteiger partial charge in [0.2, 0.25) is 0 Å². The van der Waals surface area contributed by atoms with Crippen molar-refractivity contribution in [3.8, 4) is 23.3 Å². The van der Waals surface area contributed by atoms with Gasteiger partial charge in [-0.15, -0.1) is 5.92 Å². The van der Waals surface area contributed by atoms with Gasteiger partial charge in [0.05, 0.1) is 0 Å². The van der Waals surface area contributed by atoms with Crippen molar-refractivity contribution in [1.29, 1.82) is 0 Å². The molecular weight excluding hydrogens is 599 g/mol. The second kappa shape index (κ2) is 26.4. The molecule has 3 rings (SSSR count). The number of fused-ring (bicyclic) bond motifs is 2. The normalized spacial score (nSPS) is 15.2. The van der Waals surface area contributed by atoms with Crippen molar-refractivity contribution in [3.05, 3.63) is 59.7 Å². The Kier molecular flexibility index (Phi) is 22.1. The number of hydrogen-bond donors (Lipinski definition) is 0. The molecule has 0 bridgehead atoms. The quantitative estimate of drug-likeness (QED) is 0.0503. The predicted octanol–water partition coefficient (Wildman–Crippen LogP) is 14.0. The molecular formula is C46H73NO2. The molecule has 0 N–H and O–H groups in total. The monoisotopic (exact) mass is 672 g/mol. The van der Waals surface area contributed by atoms with Crippen molar-refractivity contribution >= 4 is 0 Å². The van der Waals surface area contributed by atoms with E-state index in [0.29, 0.717) is 0 Å². The Morgan fingerprint density at radius 3 is 1.59 bits per heavy atom. The van der Waals surface area contributed by atoms with Crippen LogP contribution in [0.1, 0.15) is 192 Å². The lowest BCUT2D eigenvalue weighted by molar-refractivity contribution is -0.0949. The number of nitrogens with zero attached hydrogens (tertiary/aromatic N) is 1. The molecule has 0 radical (unpaired) electrons. The molecule has 0 aliphatic carbocycles. The summed E-state index contributed by atoms with van der Waals surface area (Å²) in [5.74, 6) is 8.17. The molecule has 274 valence electrons. The van der Waals surface area contributed by atoms with Crippen LogP contribution < -0.4 is 9.47 Å². The highest BCUT2D eigenvalue weighted by Gasteiger charge is 2.41. The van der Waals surface area contributed by atoms with Crippen LogP contribution in [0.5, 0.6) is 11.5 Å². The lowest BCUT2D eigenvalue weighted by Gasteiger charge is -2.28. The molecule has 3 heteroatoms. The molecule has 0 unspecified atom stereocenters. The smallest absolute Gasteiger partial charge is 0.251 e. The van der Waals surface area contributed by atoms with E-state index in [9.17, 15) is 0 Å². The molecule has 0 saturated heterocycles. The fourth-order valence-corrected chi connectivity index (χ4v) is 7.12. The summed E-state index contributed by atoms with van der Waals surface area (Å²) in [4.78, 5) is 2.36. The largest absolute Gasteiger partial charge is 0.448 e. The average Bonchev–Trinajstić information content (AvgIpc) is 3.64. The number of ether oxygens (including phenoxy) is 2. The average molecular weight is 672 g/mol. The van der Waals surface area contributed by atoms with Crippen molar-refractivity contribution in [3.63, 3.8) is 0 Å². The zero-order valence-electron chi connectivity index (χ0n) is 32.2. The van der Waals surface area contributed by atoms with Crippen LogP contribution in [0, 0.1) is 11.8 Å². The summed E-state index contributed by atoms with van der Waals surface area (Å²) in [7, 11) is 2.19. The minimum absolute atomic E-state index is 0.474. The molecule has 1 aromatic rings. The van der Waals surface area contributed by atoms with E-state index in [4.69, 9.17) is 9.47 Å². The Bertz CT molecular complexity index is 1120. The highest BCUT2D eigenvalue weighted by molar-refractivity contribution is 5.51. The molecule has 3 nitrogen and oxygen atoms in total. The van der Waals surface area contributed by atoms with Crippen LogP contribution in [0.4, 0.5) is 0 Å². The van der Waals surface area contributed by atoms with Gasteiger partial charge in [-0.05, 0) is 94.5 Å². The maximum absolute atomic E-state index is 6.73. The van der Waals surface area contributed by atoms with E-state index in [0.717, 1.165) is 56.7 Å². The van der Waals surface area contributed by atoms with Gasteiger partial charge in [0.15, 0.2) is 11.5 Å². The van der Waals surface area contributed by atoms with Gasteiger partial charge in [0.25, 0.3) is 5.79 Å². The number of unbranched alkanes of at least 4 members (excludes halogenated alkanes) is 18. The lowest BCUT2D eigenvalue weighted by Crippen LogP contribution is -2.38. The zero-order valence-corrected chi connectivity index (χ0v) is 32.2. The molecule has 0 amide bonds. The summed E-state index contributed by atoms with van der Waals surface area (Å²) in [6, 6.07) is 4.53. The first-order valence-electron chi connectivity index (χ1n) is 20.8. The van der Waals surface area contributed by atoms with Crippen molar-refractivity contribution < 1.29 is 9.47 Å². The van der Waals surface area contributed by atoms with E-state index >= 15 is 0 Å². The first-order chi connectivity index (χ1) is 24.2. The Labute approximate surface area is 303 Å². The summed E-state index contributed by atoms with van der Waals surface area (Å²) in [5, 5.41) is 0. The van der Waals surface area contributed by atoms with Gasteiger partial charge in [-0.25, -0.2) is 0 Å². The van der Waals surface area contributed by atoms with Crippen LogP contribution in [-0.4, -0.2) is 17.7 Å². The molecule has 1 aromatic carbocycles. The van der Waals surface area contributed by atoms with Crippen LogP contribution in [0.25, 0.3) is 0 Å². The standard InChI is InChI=1S/C46H73NO2/c1-4-6-8-10-12-14-16-18-20-22-24-26-28-30-32-34-36-46(48-44-38-42-40-47(3)41-43(42)39-45(44)49-46)37-35-33-31-29-27-25-23-21-19-17-15-13-11-9-7-5-2/h12-15,18,20,38-39H,4-11,16-17,22-37,40-41H2,1-3H3/b14-12-,15-13-,20-18-. The second-order valence-corrected chi connectivity index (χ2v) is 14.8. The predicted molar refractivity (Wildman–Crippen MR) is 212 cm³/mol. The van der Waals surface area contributed by atoms with Crippen molar-refractivity contribution in [2.45, 2.75) is 200 Å². The highest BCUT2D eigenvalue weighted by Crippen LogP contribution is 2.46. The van der Waals surface area contributed by atoms with Gasteiger partial charge >= 0.3 is 0 Å². The third-order valence-electron chi connectivity index (χ3n) is 10.1. The van der Waals surface area contributed by atoms with E-state index in [1.165, 1.54) is 146 Å². The second-order valence-electron chi connectivity index (χ2n) is 14.8. The van der Waals surface area contributed by atoms with Crippen LogP contribution in [0.3, 0.4) is 0 Å². The summed E-state index contributed by atoms with van der Waals surface area (Å²) >= 11 is 0. The number of rotatable bonds is 28. The zero-order chi connectivity index (χ0) is 34.7. The summed E-state index contributed by atoms with van der Waals surface area (Å²) in [6.45, 7) is 6.54. The van der Waals surface area contributed by atoms with Gasteiger partial charge < -0.3 is 9.47 Å². The Morgan fingerprint density at radius 1 is 0.571 bits per heavy atom. The first-order valence-corrected chi connectivity index (χ1v) is 20.8. The van der Waals surface area contributed by atoms with Gasteiger partial charge in [-0.1, -0.05) is 133 Å². The molecule has 0 fully saturated rings. The van der Waals surface area contributed by atoms with Crippen molar-refractivity contribution in [2.24, 2.45) is 0 Å². The third kappa shape index (κ3) is 17.9. The Balaban J connectivity index is 1.29. The molecule has 0 spiro atoms. The number of hydrogen-bond acceptors (Lipinski definition) is 3. The summed E-state index contributed by atoms with van der Waals surface area (Å²) in [5.41, 5.74) is 2.80. The van der Waals surface area contributed by atoms with Crippen LogP contribution in [0.2, 0.25) is 0 Å². The van der Waals surface area contributed by atoms with Gasteiger partial charge in [-0.2, -0.15) is 0 Å². The van der Waals surface area contributed by atoms with Crippen LogP contribution >= 0.6 is 0 Å². The summed E-state index contributed by atoms with van der Waals surface area (Å²) < 4.78 is 13.5. The molecule has 0 aromatic heterocycles. The molecule has 2 aliphatic heterocycles. The Hall–Kier alpha value is -2.44. The van der Waals surface area contributed by atoms with Crippen molar-refractivity contribution in [1.82, 2.24) is 4.90 Å². The molecule has 49 heavy (non-hydrogen) atoms. The van der Waals surface area contributed by atoms with Gasteiger partial charge in [0.1, 0.15) is 0 Å². The van der Waals surface area contributed by atoms with E-state index in [-0.39, 0.29) is 0 Å². The van der Waals surface area contributed by atoms with Crippen LogP contribution in [-0.2, 0) is 13.1 Å². The van der Waals surface area contributed by atoms with E-state index in [1.54, 1.807) is 0 Å². The SMILES string of the molecule is CCCCC/C=C\CC#CCCCCCCCCC1(CCCCCCCC/C=C\C/C=C\CCCCC)Oc2cc3c(cc2O1)CN(C)C3. The number of allylic oxidation sites excluding steroid dienone is 6.